The van der Waals surface area contributed by atoms with Crippen molar-refractivity contribution in [3.63, 3.8) is 0 Å². The smallest absolute Gasteiger partial charge is 0.238 e. The SMILES string of the molecule is CC[C@@](C)(CNC(=O)[C@H]1CCCN1S(C)(=O)=O)N1CCOCC1. The van der Waals surface area contributed by atoms with Crippen LogP contribution in [0.4, 0.5) is 0 Å². The monoisotopic (exact) mass is 347 g/mol. The lowest BCUT2D eigenvalue weighted by atomic mass is 9.95. The molecule has 2 atom stereocenters. The molecule has 0 unspecified atom stereocenters. The van der Waals surface area contributed by atoms with Crippen molar-refractivity contribution in [3.05, 3.63) is 0 Å². The van der Waals surface area contributed by atoms with Gasteiger partial charge in [-0.3, -0.25) is 9.69 Å². The second kappa shape index (κ2) is 7.46. The van der Waals surface area contributed by atoms with Crippen LogP contribution < -0.4 is 5.32 Å². The number of rotatable bonds is 6. The van der Waals surface area contributed by atoms with Crippen molar-refractivity contribution >= 4 is 15.9 Å². The standard InChI is InChI=1S/C15H29N3O4S/c1-4-15(2,17-8-10-22-11-9-17)12-16-14(19)13-6-5-7-18(13)23(3,20)21/h13H,4-12H2,1-3H3,(H,16,19)/t13-,15+/m1/s1. The molecule has 134 valence electrons. The molecular weight excluding hydrogens is 318 g/mol. The Hall–Kier alpha value is -0.700. The van der Waals surface area contributed by atoms with E-state index in [1.807, 2.05) is 0 Å². The number of ether oxygens (including phenoxy) is 1. The van der Waals surface area contributed by atoms with Crippen molar-refractivity contribution in [3.8, 4) is 0 Å². The third-order valence-electron chi connectivity index (χ3n) is 5.11. The summed E-state index contributed by atoms with van der Waals surface area (Å²) in [7, 11) is -3.33. The fraction of sp³-hybridized carbons (Fsp3) is 0.933. The van der Waals surface area contributed by atoms with Gasteiger partial charge in [-0.05, 0) is 26.2 Å². The summed E-state index contributed by atoms with van der Waals surface area (Å²) in [4.78, 5) is 14.8. The molecule has 2 saturated heterocycles. The summed E-state index contributed by atoms with van der Waals surface area (Å²) in [5.74, 6) is -0.180. The molecule has 0 aromatic rings. The van der Waals surface area contributed by atoms with Gasteiger partial charge in [0.25, 0.3) is 0 Å². The van der Waals surface area contributed by atoms with E-state index in [9.17, 15) is 13.2 Å². The maximum atomic E-state index is 12.5. The first-order valence-electron chi connectivity index (χ1n) is 8.35. The number of sulfonamides is 1. The first kappa shape index (κ1) is 18.6. The Labute approximate surface area is 139 Å². The quantitative estimate of drug-likeness (QED) is 0.733. The van der Waals surface area contributed by atoms with Crippen LogP contribution in [0, 0.1) is 0 Å². The van der Waals surface area contributed by atoms with Gasteiger partial charge in [-0.25, -0.2) is 8.42 Å². The van der Waals surface area contributed by atoms with E-state index in [1.165, 1.54) is 10.6 Å². The van der Waals surface area contributed by atoms with E-state index in [-0.39, 0.29) is 11.4 Å². The van der Waals surface area contributed by atoms with Crippen molar-refractivity contribution in [1.29, 1.82) is 0 Å². The van der Waals surface area contributed by atoms with Gasteiger partial charge in [0, 0.05) is 31.7 Å². The lowest BCUT2D eigenvalue weighted by Gasteiger charge is -2.43. The Morgan fingerprint density at radius 3 is 2.52 bits per heavy atom. The highest BCUT2D eigenvalue weighted by Gasteiger charge is 2.38. The molecule has 2 rings (SSSR count). The summed E-state index contributed by atoms with van der Waals surface area (Å²) in [5.41, 5.74) is -0.131. The third-order valence-corrected chi connectivity index (χ3v) is 6.40. The first-order chi connectivity index (χ1) is 10.8. The van der Waals surface area contributed by atoms with Crippen molar-refractivity contribution < 1.29 is 17.9 Å². The van der Waals surface area contributed by atoms with Crippen LogP contribution in [-0.2, 0) is 19.6 Å². The van der Waals surface area contributed by atoms with E-state index in [0.717, 1.165) is 25.9 Å². The van der Waals surface area contributed by atoms with Gasteiger partial charge in [0.05, 0.1) is 19.5 Å². The van der Waals surface area contributed by atoms with Crippen LogP contribution in [0.5, 0.6) is 0 Å². The number of nitrogens with one attached hydrogen (secondary N) is 1. The number of hydrogen-bond donors (Lipinski definition) is 1. The van der Waals surface area contributed by atoms with Crippen molar-refractivity contribution in [2.24, 2.45) is 0 Å². The van der Waals surface area contributed by atoms with Gasteiger partial charge in [0.15, 0.2) is 0 Å². The molecule has 2 aliphatic rings. The fourth-order valence-corrected chi connectivity index (χ4v) is 4.48. The maximum absolute atomic E-state index is 12.5. The minimum absolute atomic E-state index is 0.131. The van der Waals surface area contributed by atoms with E-state index in [1.54, 1.807) is 0 Å². The predicted octanol–water partition coefficient (Wildman–Crippen LogP) is 0.0275. The molecule has 1 amide bonds. The summed E-state index contributed by atoms with van der Waals surface area (Å²) in [6.07, 6.45) is 3.41. The molecule has 0 radical (unpaired) electrons. The Bertz CT molecular complexity index is 519. The number of hydrogen-bond acceptors (Lipinski definition) is 5. The van der Waals surface area contributed by atoms with Crippen molar-refractivity contribution in [1.82, 2.24) is 14.5 Å². The van der Waals surface area contributed by atoms with E-state index in [2.05, 4.69) is 24.1 Å². The van der Waals surface area contributed by atoms with E-state index < -0.39 is 16.1 Å². The van der Waals surface area contributed by atoms with E-state index >= 15 is 0 Å². The number of carbonyl (C=O) groups is 1. The average Bonchev–Trinajstić information content (AvgIpc) is 3.03. The van der Waals surface area contributed by atoms with Crippen LogP contribution in [0.2, 0.25) is 0 Å². The van der Waals surface area contributed by atoms with Gasteiger partial charge in [-0.15, -0.1) is 0 Å². The van der Waals surface area contributed by atoms with Gasteiger partial charge >= 0.3 is 0 Å². The highest BCUT2D eigenvalue weighted by atomic mass is 32.2. The van der Waals surface area contributed by atoms with E-state index in [4.69, 9.17) is 4.74 Å². The first-order valence-corrected chi connectivity index (χ1v) is 10.2. The summed E-state index contributed by atoms with van der Waals surface area (Å²) >= 11 is 0. The van der Waals surface area contributed by atoms with Gasteiger partial charge in [0.1, 0.15) is 6.04 Å². The average molecular weight is 347 g/mol. The van der Waals surface area contributed by atoms with Gasteiger partial charge in [-0.2, -0.15) is 4.31 Å². The summed E-state index contributed by atoms with van der Waals surface area (Å²) in [6, 6.07) is -0.559. The molecule has 2 fully saturated rings. The Kier molecular flexibility index (Phi) is 6.05. The predicted molar refractivity (Wildman–Crippen MR) is 88.7 cm³/mol. The zero-order valence-corrected chi connectivity index (χ0v) is 15.2. The molecule has 0 aromatic heterocycles. The van der Waals surface area contributed by atoms with E-state index in [0.29, 0.717) is 32.7 Å². The van der Waals surface area contributed by atoms with Crippen LogP contribution in [0.15, 0.2) is 0 Å². The minimum atomic E-state index is -3.33. The second-order valence-electron chi connectivity index (χ2n) is 6.70. The number of nitrogens with zero attached hydrogens (tertiary/aromatic N) is 2. The molecular formula is C15H29N3O4S. The molecule has 0 bridgehead atoms. The largest absolute Gasteiger partial charge is 0.379 e. The number of morpholine rings is 1. The summed E-state index contributed by atoms with van der Waals surface area (Å²) < 4.78 is 30.3. The van der Waals surface area contributed by atoms with Crippen LogP contribution in [0.25, 0.3) is 0 Å². The molecule has 0 spiro atoms. The van der Waals surface area contributed by atoms with Gasteiger partial charge in [-0.1, -0.05) is 6.92 Å². The van der Waals surface area contributed by atoms with Gasteiger partial charge < -0.3 is 10.1 Å². The number of amides is 1. The zero-order valence-electron chi connectivity index (χ0n) is 14.4. The van der Waals surface area contributed by atoms with Crippen LogP contribution in [0.1, 0.15) is 33.1 Å². The molecule has 7 nitrogen and oxygen atoms in total. The molecule has 8 heteroatoms. The molecule has 0 aromatic carbocycles. The molecule has 1 N–H and O–H groups in total. The van der Waals surface area contributed by atoms with Crippen LogP contribution in [-0.4, -0.2) is 80.8 Å². The molecule has 23 heavy (non-hydrogen) atoms. The minimum Gasteiger partial charge on any atom is -0.379 e. The lowest BCUT2D eigenvalue weighted by molar-refractivity contribution is -0.125. The Morgan fingerprint density at radius 2 is 1.96 bits per heavy atom. The normalized spacial score (nSPS) is 26.8. The summed E-state index contributed by atoms with van der Waals surface area (Å²) in [5, 5.41) is 2.99. The lowest BCUT2D eigenvalue weighted by Crippen LogP contribution is -2.58. The topological polar surface area (TPSA) is 79.0 Å². The number of carbonyl (C=O) groups excluding carboxylic acids is 1. The molecule has 0 aliphatic carbocycles. The van der Waals surface area contributed by atoms with Crippen LogP contribution in [0.3, 0.4) is 0 Å². The van der Waals surface area contributed by atoms with Crippen molar-refractivity contribution in [2.45, 2.75) is 44.7 Å². The molecule has 2 heterocycles. The Morgan fingerprint density at radius 1 is 1.30 bits per heavy atom. The zero-order chi connectivity index (χ0) is 17.1. The van der Waals surface area contributed by atoms with Gasteiger partial charge in [0.2, 0.25) is 15.9 Å². The van der Waals surface area contributed by atoms with Crippen molar-refractivity contribution in [2.75, 3.05) is 45.6 Å². The second-order valence-corrected chi connectivity index (χ2v) is 8.63. The maximum Gasteiger partial charge on any atom is 0.238 e. The third kappa shape index (κ3) is 4.43. The summed E-state index contributed by atoms with van der Waals surface area (Å²) in [6.45, 7) is 8.36. The highest BCUT2D eigenvalue weighted by Crippen LogP contribution is 2.22. The van der Waals surface area contributed by atoms with Crippen LogP contribution >= 0.6 is 0 Å². The highest BCUT2D eigenvalue weighted by molar-refractivity contribution is 7.88. The molecule has 2 aliphatic heterocycles. The fourth-order valence-electron chi connectivity index (χ4n) is 3.36. The Balaban J connectivity index is 1.96. The molecule has 0 saturated carbocycles.